The van der Waals surface area contributed by atoms with E-state index >= 15 is 0 Å². The van der Waals surface area contributed by atoms with E-state index in [1.54, 1.807) is 23.1 Å². The molecule has 0 radical (unpaired) electrons. The Morgan fingerprint density at radius 1 is 1.06 bits per heavy atom. The predicted octanol–water partition coefficient (Wildman–Crippen LogP) is 4.11. The first-order valence-corrected chi connectivity index (χ1v) is 11.3. The van der Waals surface area contributed by atoms with Crippen LogP contribution in [0.25, 0.3) is 10.9 Å². The number of nitrogens with one attached hydrogen (secondary N) is 1. The van der Waals surface area contributed by atoms with Crippen molar-refractivity contribution in [3.05, 3.63) is 111 Å². The summed E-state index contributed by atoms with van der Waals surface area (Å²) >= 11 is 0. The van der Waals surface area contributed by atoms with Gasteiger partial charge in [0.15, 0.2) is 5.82 Å². The zero-order valence-electron chi connectivity index (χ0n) is 19.5. The minimum Gasteiger partial charge on any atom is -0.467 e. The number of nitrogens with zero attached hydrogens (tertiary/aromatic N) is 5. The molecule has 0 amide bonds. The lowest BCUT2D eigenvalue weighted by Crippen LogP contribution is -2.28. The van der Waals surface area contributed by atoms with Crippen LogP contribution in [0.15, 0.2) is 70.1 Å². The first-order chi connectivity index (χ1) is 16.9. The second-order valence-corrected chi connectivity index (χ2v) is 8.77. The van der Waals surface area contributed by atoms with Gasteiger partial charge in [0.2, 0.25) is 0 Å². The zero-order chi connectivity index (χ0) is 24.4. The number of rotatable bonds is 8. The molecule has 35 heavy (non-hydrogen) atoms. The molecule has 8 nitrogen and oxygen atoms in total. The Labute approximate surface area is 201 Å². The van der Waals surface area contributed by atoms with E-state index < -0.39 is 0 Å². The molecule has 0 bridgehead atoms. The van der Waals surface area contributed by atoms with Crippen LogP contribution in [0.1, 0.15) is 33.8 Å². The van der Waals surface area contributed by atoms with Crippen LogP contribution in [0.3, 0.4) is 0 Å². The van der Waals surface area contributed by atoms with Gasteiger partial charge < -0.3 is 9.40 Å². The summed E-state index contributed by atoms with van der Waals surface area (Å²) in [5, 5.41) is 13.1. The molecule has 2 aromatic carbocycles. The Morgan fingerprint density at radius 3 is 2.66 bits per heavy atom. The molecule has 0 spiro atoms. The third-order valence-corrected chi connectivity index (χ3v) is 5.94. The van der Waals surface area contributed by atoms with Crippen molar-refractivity contribution in [2.45, 2.75) is 40.0 Å². The van der Waals surface area contributed by atoms with Gasteiger partial charge in [0.1, 0.15) is 18.1 Å². The van der Waals surface area contributed by atoms with Crippen molar-refractivity contribution in [3.8, 4) is 0 Å². The normalized spacial score (nSPS) is 11.5. The zero-order valence-corrected chi connectivity index (χ0v) is 19.5. The average Bonchev–Trinajstić information content (AvgIpc) is 3.49. The molecule has 5 aromatic rings. The van der Waals surface area contributed by atoms with Crippen molar-refractivity contribution in [1.82, 2.24) is 30.1 Å². The third kappa shape index (κ3) is 5.20. The lowest BCUT2D eigenvalue weighted by atomic mass is 10.0. The van der Waals surface area contributed by atoms with Crippen molar-refractivity contribution in [3.63, 3.8) is 0 Å². The molecule has 0 aliphatic heterocycles. The number of furan rings is 1. The van der Waals surface area contributed by atoms with Gasteiger partial charge in [-0.25, -0.2) is 9.07 Å². The molecule has 9 heteroatoms. The fraction of sp³-hybridized carbons (Fsp3) is 0.231. The van der Waals surface area contributed by atoms with Crippen LogP contribution in [0, 0.1) is 19.7 Å². The number of halogens is 1. The molecule has 0 unspecified atom stereocenters. The largest absolute Gasteiger partial charge is 0.467 e. The SMILES string of the molecule is Cc1cc(C)c2[nH]c(=O)c(CN(Cc3ccc(F)cc3)Cc3nnnn3Cc3ccco3)cc2c1. The van der Waals surface area contributed by atoms with Crippen molar-refractivity contribution < 1.29 is 8.81 Å². The summed E-state index contributed by atoms with van der Waals surface area (Å²) in [6.07, 6.45) is 1.61. The Morgan fingerprint density at radius 2 is 1.89 bits per heavy atom. The summed E-state index contributed by atoms with van der Waals surface area (Å²) in [4.78, 5) is 18.1. The van der Waals surface area contributed by atoms with Crippen LogP contribution in [-0.4, -0.2) is 30.1 Å². The molecule has 3 heterocycles. The number of H-pyrrole nitrogens is 1. The first-order valence-electron chi connectivity index (χ1n) is 11.3. The highest BCUT2D eigenvalue weighted by Gasteiger charge is 2.17. The van der Waals surface area contributed by atoms with E-state index in [-0.39, 0.29) is 11.4 Å². The number of fused-ring (bicyclic) bond motifs is 1. The maximum Gasteiger partial charge on any atom is 0.252 e. The number of aryl methyl sites for hydroxylation is 2. The van der Waals surface area contributed by atoms with Crippen molar-refractivity contribution >= 4 is 10.9 Å². The Hall–Kier alpha value is -4.11. The highest BCUT2D eigenvalue weighted by molar-refractivity contribution is 5.82. The van der Waals surface area contributed by atoms with Crippen LogP contribution < -0.4 is 5.56 Å². The standard InChI is InChI=1S/C26H25FN6O2/c1-17-10-18(2)25-20(11-17)12-21(26(34)28-25)14-32(13-19-5-7-22(27)8-6-19)16-24-29-30-31-33(24)15-23-4-3-9-35-23/h3-12H,13-16H2,1-2H3,(H,28,34). The van der Waals surface area contributed by atoms with E-state index in [4.69, 9.17) is 4.42 Å². The molecule has 178 valence electrons. The number of pyridine rings is 1. The van der Waals surface area contributed by atoms with Crippen LogP contribution >= 0.6 is 0 Å². The summed E-state index contributed by atoms with van der Waals surface area (Å²) in [7, 11) is 0. The summed E-state index contributed by atoms with van der Waals surface area (Å²) in [5.74, 6) is 1.08. The molecular formula is C26H25FN6O2. The lowest BCUT2D eigenvalue weighted by molar-refractivity contribution is 0.235. The monoisotopic (exact) mass is 472 g/mol. The van der Waals surface area contributed by atoms with Crippen molar-refractivity contribution in [2.24, 2.45) is 0 Å². The van der Waals surface area contributed by atoms with E-state index in [2.05, 4.69) is 37.5 Å². The van der Waals surface area contributed by atoms with Crippen LogP contribution in [0.5, 0.6) is 0 Å². The molecule has 0 aliphatic carbocycles. The minimum atomic E-state index is -0.292. The molecule has 3 aromatic heterocycles. The number of aromatic amines is 1. The minimum absolute atomic E-state index is 0.135. The second-order valence-electron chi connectivity index (χ2n) is 8.77. The molecular weight excluding hydrogens is 447 g/mol. The molecule has 0 atom stereocenters. The van der Waals surface area contributed by atoms with Gasteiger partial charge in [-0.3, -0.25) is 9.69 Å². The van der Waals surface area contributed by atoms with Gasteiger partial charge in [-0.2, -0.15) is 0 Å². The third-order valence-electron chi connectivity index (χ3n) is 5.94. The molecule has 1 N–H and O–H groups in total. The van der Waals surface area contributed by atoms with E-state index in [1.807, 2.05) is 32.0 Å². The molecule has 0 saturated heterocycles. The maximum absolute atomic E-state index is 13.5. The number of hydrogen-bond acceptors (Lipinski definition) is 6. The number of tetrazole rings is 1. The van der Waals surface area contributed by atoms with Gasteiger partial charge in [0.25, 0.3) is 5.56 Å². The van der Waals surface area contributed by atoms with Crippen molar-refractivity contribution in [2.75, 3.05) is 0 Å². The second kappa shape index (κ2) is 9.63. The van der Waals surface area contributed by atoms with E-state index in [1.165, 1.54) is 12.1 Å². The summed E-state index contributed by atoms with van der Waals surface area (Å²) in [6, 6.07) is 16.1. The quantitative estimate of drug-likeness (QED) is 0.365. The van der Waals surface area contributed by atoms with Crippen LogP contribution in [0.2, 0.25) is 0 Å². The summed E-state index contributed by atoms with van der Waals surface area (Å²) in [6.45, 7) is 5.66. The molecule has 0 saturated carbocycles. The molecule has 0 fully saturated rings. The smallest absolute Gasteiger partial charge is 0.252 e. The summed E-state index contributed by atoms with van der Waals surface area (Å²) in [5.41, 5.74) is 4.42. The first kappa shape index (κ1) is 22.7. The van der Waals surface area contributed by atoms with Crippen LogP contribution in [-0.2, 0) is 26.2 Å². The number of aromatic nitrogens is 5. The molecule has 5 rings (SSSR count). The van der Waals surface area contributed by atoms with E-state index in [9.17, 15) is 9.18 Å². The lowest BCUT2D eigenvalue weighted by Gasteiger charge is -2.22. The highest BCUT2D eigenvalue weighted by atomic mass is 19.1. The van der Waals surface area contributed by atoms with Gasteiger partial charge in [0, 0.05) is 18.7 Å². The highest BCUT2D eigenvalue weighted by Crippen LogP contribution is 2.20. The topological polar surface area (TPSA) is 92.8 Å². The molecule has 0 aliphatic rings. The Kier molecular flexibility index (Phi) is 6.24. The fourth-order valence-electron chi connectivity index (χ4n) is 4.32. The number of hydrogen-bond donors (Lipinski definition) is 1. The van der Waals surface area contributed by atoms with Gasteiger partial charge >= 0.3 is 0 Å². The van der Waals surface area contributed by atoms with E-state index in [0.717, 1.165) is 33.4 Å². The maximum atomic E-state index is 13.5. The van der Waals surface area contributed by atoms with Crippen molar-refractivity contribution in [1.29, 1.82) is 0 Å². The van der Waals surface area contributed by atoms with Gasteiger partial charge in [0.05, 0.1) is 18.3 Å². The van der Waals surface area contributed by atoms with Gasteiger partial charge in [-0.05, 0) is 77.2 Å². The Bertz CT molecular complexity index is 1510. The summed E-state index contributed by atoms with van der Waals surface area (Å²) < 4.78 is 20.6. The number of benzene rings is 2. The average molecular weight is 473 g/mol. The van der Waals surface area contributed by atoms with Crippen LogP contribution in [0.4, 0.5) is 4.39 Å². The van der Waals surface area contributed by atoms with Gasteiger partial charge in [-0.15, -0.1) is 5.10 Å². The van der Waals surface area contributed by atoms with Gasteiger partial charge in [-0.1, -0.05) is 23.8 Å². The predicted molar refractivity (Wildman–Crippen MR) is 129 cm³/mol. The Balaban J connectivity index is 1.46. The van der Waals surface area contributed by atoms with E-state index in [0.29, 0.717) is 37.6 Å². The fourth-order valence-corrected chi connectivity index (χ4v) is 4.32.